The Hall–Kier alpha value is -2.14. The maximum atomic E-state index is 11.5. The Bertz CT molecular complexity index is 627. The summed E-state index contributed by atoms with van der Waals surface area (Å²) in [7, 11) is 0. The molecular formula is C14H15N3O2. The maximum absolute atomic E-state index is 11.5. The van der Waals surface area contributed by atoms with Gasteiger partial charge in [-0.1, -0.05) is 18.2 Å². The van der Waals surface area contributed by atoms with Crippen molar-refractivity contribution in [2.75, 3.05) is 24.5 Å². The van der Waals surface area contributed by atoms with Gasteiger partial charge in [-0.05, 0) is 12.1 Å². The summed E-state index contributed by atoms with van der Waals surface area (Å²) in [6, 6.07) is 9.71. The zero-order valence-corrected chi connectivity index (χ0v) is 10.5. The number of pyridine rings is 1. The summed E-state index contributed by atoms with van der Waals surface area (Å²) in [5.41, 5.74) is 1.63. The number of anilines is 1. The number of aromatic nitrogens is 1. The van der Waals surface area contributed by atoms with Gasteiger partial charge < -0.3 is 15.3 Å². The highest BCUT2D eigenvalue weighted by Crippen LogP contribution is 2.24. The number of carbonyl (C=O) groups excluding carboxylic acids is 1. The van der Waals surface area contributed by atoms with Crippen molar-refractivity contribution in [2.24, 2.45) is 0 Å². The molecule has 0 spiro atoms. The number of benzene rings is 1. The first-order chi connectivity index (χ1) is 9.28. The van der Waals surface area contributed by atoms with E-state index in [1.165, 1.54) is 0 Å². The summed E-state index contributed by atoms with van der Waals surface area (Å²) in [6.45, 7) is 1.53. The van der Waals surface area contributed by atoms with Gasteiger partial charge in [-0.25, -0.2) is 4.98 Å². The Kier molecular flexibility index (Phi) is 3.05. The quantitative estimate of drug-likeness (QED) is 0.829. The van der Waals surface area contributed by atoms with E-state index in [2.05, 4.69) is 10.3 Å². The molecule has 98 valence electrons. The van der Waals surface area contributed by atoms with Crippen LogP contribution in [0.5, 0.6) is 0 Å². The van der Waals surface area contributed by atoms with Crippen LogP contribution in [0.4, 0.5) is 5.82 Å². The van der Waals surface area contributed by atoms with Gasteiger partial charge in [-0.2, -0.15) is 0 Å². The highest BCUT2D eigenvalue weighted by atomic mass is 16.3. The first-order valence-electron chi connectivity index (χ1n) is 6.29. The van der Waals surface area contributed by atoms with Gasteiger partial charge in [0.1, 0.15) is 5.82 Å². The summed E-state index contributed by atoms with van der Waals surface area (Å²) >= 11 is 0. The topological polar surface area (TPSA) is 65.5 Å². The molecule has 5 heteroatoms. The highest BCUT2D eigenvalue weighted by molar-refractivity contribution is 5.85. The third-order valence-corrected chi connectivity index (χ3v) is 3.29. The lowest BCUT2D eigenvalue weighted by Gasteiger charge is -2.29. The molecule has 1 aromatic carbocycles. The Morgan fingerprint density at radius 2 is 2.21 bits per heavy atom. The van der Waals surface area contributed by atoms with Gasteiger partial charge in [-0.15, -0.1) is 0 Å². The van der Waals surface area contributed by atoms with Gasteiger partial charge in [-0.3, -0.25) is 4.79 Å². The van der Waals surface area contributed by atoms with E-state index in [0.29, 0.717) is 25.5 Å². The number of rotatable bonds is 2. The zero-order chi connectivity index (χ0) is 13.2. The second-order valence-corrected chi connectivity index (χ2v) is 4.59. The lowest BCUT2D eigenvalue weighted by Crippen LogP contribution is -2.48. The molecular weight excluding hydrogens is 242 g/mol. The van der Waals surface area contributed by atoms with Crippen LogP contribution in [0, 0.1) is 0 Å². The van der Waals surface area contributed by atoms with Crippen LogP contribution in [-0.4, -0.2) is 35.6 Å². The maximum Gasteiger partial charge on any atom is 0.239 e. The van der Waals surface area contributed by atoms with E-state index in [0.717, 1.165) is 16.5 Å². The summed E-state index contributed by atoms with van der Waals surface area (Å²) in [6.07, 6.45) is 0. The van der Waals surface area contributed by atoms with Gasteiger partial charge in [0.2, 0.25) is 5.91 Å². The van der Waals surface area contributed by atoms with Crippen LogP contribution in [-0.2, 0) is 11.4 Å². The number of amides is 1. The molecule has 2 heterocycles. The predicted molar refractivity (Wildman–Crippen MR) is 72.9 cm³/mol. The molecule has 0 saturated carbocycles. The zero-order valence-electron chi connectivity index (χ0n) is 10.5. The van der Waals surface area contributed by atoms with Crippen LogP contribution in [0.25, 0.3) is 10.9 Å². The predicted octanol–water partition coefficient (Wildman–Crippen LogP) is 0.663. The van der Waals surface area contributed by atoms with Crippen molar-refractivity contribution < 1.29 is 9.90 Å². The van der Waals surface area contributed by atoms with E-state index >= 15 is 0 Å². The van der Waals surface area contributed by atoms with Crippen molar-refractivity contribution in [1.82, 2.24) is 10.3 Å². The number of carbonyl (C=O) groups is 1. The molecule has 19 heavy (non-hydrogen) atoms. The largest absolute Gasteiger partial charge is 0.392 e. The molecule has 2 N–H and O–H groups in total. The Labute approximate surface area is 110 Å². The number of nitrogens with one attached hydrogen (secondary N) is 1. The van der Waals surface area contributed by atoms with E-state index in [1.807, 2.05) is 35.2 Å². The lowest BCUT2D eigenvalue weighted by molar-refractivity contribution is -0.120. The van der Waals surface area contributed by atoms with Gasteiger partial charge in [0, 0.05) is 24.0 Å². The fraction of sp³-hybridized carbons (Fsp3) is 0.286. The molecule has 0 atom stereocenters. The number of aliphatic hydroxyl groups is 1. The SMILES string of the molecule is O=C1CN(c2nc3ccccc3cc2CO)CCN1. The minimum atomic E-state index is -0.0781. The van der Waals surface area contributed by atoms with Crippen molar-refractivity contribution in [3.8, 4) is 0 Å². The minimum Gasteiger partial charge on any atom is -0.392 e. The van der Waals surface area contributed by atoms with Crippen LogP contribution < -0.4 is 10.2 Å². The fourth-order valence-corrected chi connectivity index (χ4v) is 2.36. The smallest absolute Gasteiger partial charge is 0.239 e. The molecule has 0 unspecified atom stereocenters. The number of fused-ring (bicyclic) bond motifs is 1. The van der Waals surface area contributed by atoms with E-state index in [-0.39, 0.29) is 12.5 Å². The molecule has 0 aliphatic carbocycles. The van der Waals surface area contributed by atoms with Crippen molar-refractivity contribution >= 4 is 22.6 Å². The van der Waals surface area contributed by atoms with Crippen molar-refractivity contribution in [2.45, 2.75) is 6.61 Å². The Morgan fingerprint density at radius 1 is 1.37 bits per heavy atom. The molecule has 1 amide bonds. The van der Waals surface area contributed by atoms with E-state index in [9.17, 15) is 9.90 Å². The molecule has 0 bridgehead atoms. The Balaban J connectivity index is 2.07. The second-order valence-electron chi connectivity index (χ2n) is 4.59. The fourth-order valence-electron chi connectivity index (χ4n) is 2.36. The first kappa shape index (κ1) is 11.9. The number of para-hydroxylation sites is 1. The molecule has 0 radical (unpaired) electrons. The normalized spacial score (nSPS) is 15.6. The van der Waals surface area contributed by atoms with Gasteiger partial charge in [0.05, 0.1) is 18.7 Å². The van der Waals surface area contributed by atoms with Crippen molar-refractivity contribution in [3.05, 3.63) is 35.9 Å². The summed E-state index contributed by atoms with van der Waals surface area (Å²) in [4.78, 5) is 18.0. The lowest BCUT2D eigenvalue weighted by atomic mass is 10.1. The van der Waals surface area contributed by atoms with Crippen LogP contribution in [0.2, 0.25) is 0 Å². The summed E-state index contributed by atoms with van der Waals surface area (Å²) in [5.74, 6) is 0.696. The number of hydrogen-bond acceptors (Lipinski definition) is 4. The average molecular weight is 257 g/mol. The van der Waals surface area contributed by atoms with Crippen LogP contribution >= 0.6 is 0 Å². The molecule has 1 saturated heterocycles. The van der Waals surface area contributed by atoms with Crippen LogP contribution in [0.3, 0.4) is 0 Å². The molecule has 1 aromatic heterocycles. The van der Waals surface area contributed by atoms with E-state index < -0.39 is 0 Å². The second kappa shape index (κ2) is 4.85. The summed E-state index contributed by atoms with van der Waals surface area (Å²) in [5, 5.41) is 13.3. The highest BCUT2D eigenvalue weighted by Gasteiger charge is 2.20. The van der Waals surface area contributed by atoms with Crippen molar-refractivity contribution in [1.29, 1.82) is 0 Å². The standard InChI is InChI=1S/C14H15N3O2/c18-9-11-7-10-3-1-2-4-12(10)16-14(11)17-6-5-15-13(19)8-17/h1-4,7,18H,5-6,8-9H2,(H,15,19). The molecule has 1 aliphatic heterocycles. The number of nitrogens with zero attached hydrogens (tertiary/aromatic N) is 2. The monoisotopic (exact) mass is 257 g/mol. The van der Waals surface area contributed by atoms with Crippen LogP contribution in [0.1, 0.15) is 5.56 Å². The van der Waals surface area contributed by atoms with E-state index in [1.54, 1.807) is 0 Å². The molecule has 1 fully saturated rings. The van der Waals surface area contributed by atoms with Crippen molar-refractivity contribution in [3.63, 3.8) is 0 Å². The minimum absolute atomic E-state index is 0.00917. The number of hydrogen-bond donors (Lipinski definition) is 2. The Morgan fingerprint density at radius 3 is 3.00 bits per heavy atom. The third kappa shape index (κ3) is 2.24. The number of aliphatic hydroxyl groups excluding tert-OH is 1. The van der Waals surface area contributed by atoms with Gasteiger partial charge in [0.15, 0.2) is 0 Å². The summed E-state index contributed by atoms with van der Waals surface area (Å²) < 4.78 is 0. The number of piperazine rings is 1. The van der Waals surface area contributed by atoms with Gasteiger partial charge in [0.25, 0.3) is 0 Å². The molecule has 3 rings (SSSR count). The molecule has 5 nitrogen and oxygen atoms in total. The van der Waals surface area contributed by atoms with E-state index in [4.69, 9.17) is 0 Å². The molecule has 2 aromatic rings. The molecule has 1 aliphatic rings. The first-order valence-corrected chi connectivity index (χ1v) is 6.29. The third-order valence-electron chi connectivity index (χ3n) is 3.29. The van der Waals surface area contributed by atoms with Crippen LogP contribution in [0.15, 0.2) is 30.3 Å². The average Bonchev–Trinajstić information content (AvgIpc) is 2.46. The van der Waals surface area contributed by atoms with Gasteiger partial charge >= 0.3 is 0 Å².